The van der Waals surface area contributed by atoms with Crippen LogP contribution in [0.4, 0.5) is 0 Å². The number of rotatable bonds is 4. The first-order chi connectivity index (χ1) is 9.55. The Balaban J connectivity index is 2.31. The maximum atomic E-state index is 6.40. The number of hydrogen-bond acceptors (Lipinski definition) is 0. The van der Waals surface area contributed by atoms with Crippen molar-refractivity contribution in [2.45, 2.75) is 47.0 Å². The lowest BCUT2D eigenvalue weighted by Crippen LogP contribution is -1.97. The predicted molar refractivity (Wildman–Crippen MR) is 88.9 cm³/mol. The molecular weight excluding hydrogens is 264 g/mol. The van der Waals surface area contributed by atoms with Crippen LogP contribution in [-0.2, 0) is 19.3 Å². The van der Waals surface area contributed by atoms with Gasteiger partial charge in [0.2, 0.25) is 0 Å². The van der Waals surface area contributed by atoms with Gasteiger partial charge in [-0.1, -0.05) is 49.7 Å². The molecule has 106 valence electrons. The molecule has 0 unspecified atom stereocenters. The van der Waals surface area contributed by atoms with E-state index in [-0.39, 0.29) is 0 Å². The highest BCUT2D eigenvalue weighted by Gasteiger charge is 2.07. The fourth-order valence-corrected chi connectivity index (χ4v) is 3.19. The van der Waals surface area contributed by atoms with E-state index in [9.17, 15) is 0 Å². The Morgan fingerprint density at radius 1 is 0.850 bits per heavy atom. The van der Waals surface area contributed by atoms with Gasteiger partial charge < -0.3 is 0 Å². The molecule has 2 aromatic carbocycles. The summed E-state index contributed by atoms with van der Waals surface area (Å²) in [6.45, 7) is 8.78. The normalized spacial score (nSPS) is 10.8. The molecule has 2 aromatic rings. The monoisotopic (exact) mass is 286 g/mol. The zero-order valence-corrected chi connectivity index (χ0v) is 13.6. The smallest absolute Gasteiger partial charge is 0.0444 e. The number of benzene rings is 2. The molecule has 0 spiro atoms. The van der Waals surface area contributed by atoms with Gasteiger partial charge in [0.15, 0.2) is 0 Å². The van der Waals surface area contributed by atoms with E-state index in [2.05, 4.69) is 58.0 Å². The molecule has 0 saturated heterocycles. The summed E-state index contributed by atoms with van der Waals surface area (Å²) in [7, 11) is 0. The van der Waals surface area contributed by atoms with Crippen molar-refractivity contribution in [1.82, 2.24) is 0 Å². The minimum absolute atomic E-state index is 0.888. The second-order valence-electron chi connectivity index (χ2n) is 5.52. The third-order valence-corrected chi connectivity index (χ3v) is 4.38. The molecule has 0 aliphatic rings. The van der Waals surface area contributed by atoms with Gasteiger partial charge in [-0.05, 0) is 72.6 Å². The van der Waals surface area contributed by atoms with Crippen LogP contribution in [-0.4, -0.2) is 0 Å². The summed E-state index contributed by atoms with van der Waals surface area (Å²) in [5.74, 6) is 0. The first kappa shape index (κ1) is 15.1. The van der Waals surface area contributed by atoms with Gasteiger partial charge in [0.05, 0.1) is 0 Å². The first-order valence-electron chi connectivity index (χ1n) is 7.41. The van der Waals surface area contributed by atoms with Gasteiger partial charge in [0, 0.05) is 5.02 Å². The molecule has 0 heterocycles. The van der Waals surface area contributed by atoms with Crippen molar-refractivity contribution in [3.05, 3.63) is 68.7 Å². The van der Waals surface area contributed by atoms with Crippen LogP contribution in [0.25, 0.3) is 0 Å². The molecule has 0 aromatic heterocycles. The Labute approximate surface area is 127 Å². The van der Waals surface area contributed by atoms with Crippen molar-refractivity contribution in [3.8, 4) is 0 Å². The van der Waals surface area contributed by atoms with Crippen LogP contribution in [0.15, 0.2) is 30.3 Å². The standard InChI is InChI=1S/C19H23Cl/c1-5-15-7-8-17(19(20)12-15)11-16-9-13(3)18(6-2)14(4)10-16/h7-10,12H,5-6,11H2,1-4H3. The lowest BCUT2D eigenvalue weighted by Gasteiger charge is -2.12. The molecule has 0 aliphatic carbocycles. The van der Waals surface area contributed by atoms with E-state index >= 15 is 0 Å². The summed E-state index contributed by atoms with van der Waals surface area (Å²) in [4.78, 5) is 0. The molecule has 0 nitrogen and oxygen atoms in total. The highest BCUT2D eigenvalue weighted by molar-refractivity contribution is 6.31. The quantitative estimate of drug-likeness (QED) is 0.679. The molecule has 1 heteroatoms. The fraction of sp³-hybridized carbons (Fsp3) is 0.368. The summed E-state index contributed by atoms with van der Waals surface area (Å²) in [5.41, 5.74) is 8.12. The maximum Gasteiger partial charge on any atom is 0.0444 e. The third kappa shape index (κ3) is 3.24. The van der Waals surface area contributed by atoms with Crippen LogP contribution in [0, 0.1) is 13.8 Å². The van der Waals surface area contributed by atoms with E-state index in [1.54, 1.807) is 0 Å². The van der Waals surface area contributed by atoms with Crippen LogP contribution in [0.3, 0.4) is 0 Å². The molecule has 0 bridgehead atoms. The van der Waals surface area contributed by atoms with Crippen molar-refractivity contribution in [1.29, 1.82) is 0 Å². The Morgan fingerprint density at radius 3 is 2.00 bits per heavy atom. The highest BCUT2D eigenvalue weighted by atomic mass is 35.5. The summed E-state index contributed by atoms with van der Waals surface area (Å²) >= 11 is 6.40. The summed E-state index contributed by atoms with van der Waals surface area (Å²) in [6, 6.07) is 11.0. The highest BCUT2D eigenvalue weighted by Crippen LogP contribution is 2.24. The molecule has 0 amide bonds. The fourth-order valence-electron chi connectivity index (χ4n) is 2.92. The number of halogens is 1. The zero-order chi connectivity index (χ0) is 14.7. The Morgan fingerprint density at radius 2 is 1.50 bits per heavy atom. The van der Waals surface area contributed by atoms with E-state index < -0.39 is 0 Å². The Hall–Kier alpha value is -1.27. The van der Waals surface area contributed by atoms with Crippen LogP contribution in [0.5, 0.6) is 0 Å². The topological polar surface area (TPSA) is 0 Å². The van der Waals surface area contributed by atoms with Crippen molar-refractivity contribution < 1.29 is 0 Å². The van der Waals surface area contributed by atoms with E-state index in [0.29, 0.717) is 0 Å². The average Bonchev–Trinajstić information content (AvgIpc) is 2.41. The van der Waals surface area contributed by atoms with E-state index in [1.807, 2.05) is 0 Å². The minimum Gasteiger partial charge on any atom is -0.0840 e. The second kappa shape index (κ2) is 6.45. The summed E-state index contributed by atoms with van der Waals surface area (Å²) in [6.07, 6.45) is 3.04. The van der Waals surface area contributed by atoms with Gasteiger partial charge in [-0.25, -0.2) is 0 Å². The lowest BCUT2D eigenvalue weighted by molar-refractivity contribution is 1.06. The van der Waals surface area contributed by atoms with Gasteiger partial charge in [0.1, 0.15) is 0 Å². The Kier molecular flexibility index (Phi) is 4.88. The van der Waals surface area contributed by atoms with Gasteiger partial charge in [0.25, 0.3) is 0 Å². The van der Waals surface area contributed by atoms with E-state index in [4.69, 9.17) is 11.6 Å². The van der Waals surface area contributed by atoms with E-state index in [1.165, 1.54) is 33.4 Å². The molecule has 20 heavy (non-hydrogen) atoms. The summed E-state index contributed by atoms with van der Waals surface area (Å²) < 4.78 is 0. The molecule has 0 fully saturated rings. The molecule has 0 aliphatic heterocycles. The van der Waals surface area contributed by atoms with Gasteiger partial charge in [-0.3, -0.25) is 0 Å². The van der Waals surface area contributed by atoms with Crippen molar-refractivity contribution in [2.75, 3.05) is 0 Å². The average molecular weight is 287 g/mol. The molecule has 2 rings (SSSR count). The van der Waals surface area contributed by atoms with Gasteiger partial charge in [-0.2, -0.15) is 0 Å². The van der Waals surface area contributed by atoms with Crippen LogP contribution in [0.1, 0.15) is 47.2 Å². The van der Waals surface area contributed by atoms with Crippen molar-refractivity contribution in [3.63, 3.8) is 0 Å². The van der Waals surface area contributed by atoms with Crippen LogP contribution in [0.2, 0.25) is 5.02 Å². The zero-order valence-electron chi connectivity index (χ0n) is 12.9. The molecule has 0 atom stereocenters. The van der Waals surface area contributed by atoms with Gasteiger partial charge >= 0.3 is 0 Å². The second-order valence-corrected chi connectivity index (χ2v) is 5.93. The Bertz CT molecular complexity index is 588. The molecule has 0 radical (unpaired) electrons. The maximum absolute atomic E-state index is 6.40. The lowest BCUT2D eigenvalue weighted by atomic mass is 9.94. The van der Waals surface area contributed by atoms with Crippen molar-refractivity contribution in [2.24, 2.45) is 0 Å². The molecule has 0 N–H and O–H groups in total. The molecular formula is C19H23Cl. The predicted octanol–water partition coefficient (Wildman–Crippen LogP) is 5.67. The number of aryl methyl sites for hydroxylation is 3. The summed E-state index contributed by atoms with van der Waals surface area (Å²) in [5, 5.41) is 0.888. The largest absolute Gasteiger partial charge is 0.0840 e. The van der Waals surface area contributed by atoms with Gasteiger partial charge in [-0.15, -0.1) is 0 Å². The van der Waals surface area contributed by atoms with E-state index in [0.717, 1.165) is 24.3 Å². The first-order valence-corrected chi connectivity index (χ1v) is 7.79. The molecule has 0 saturated carbocycles. The minimum atomic E-state index is 0.888. The van der Waals surface area contributed by atoms with Crippen molar-refractivity contribution >= 4 is 11.6 Å². The number of hydrogen-bond donors (Lipinski definition) is 0. The SMILES string of the molecule is CCc1ccc(Cc2cc(C)c(CC)c(C)c2)c(Cl)c1. The van der Waals surface area contributed by atoms with Crippen LogP contribution < -0.4 is 0 Å². The van der Waals surface area contributed by atoms with Crippen LogP contribution >= 0.6 is 11.6 Å². The third-order valence-electron chi connectivity index (χ3n) is 4.03.